The number of nitrogens with zero attached hydrogens (tertiary/aromatic N) is 2. The standard InChI is InChI=1S/C14H14N2O/c1-2-11-9-15-14(16-10-11)13-5-3-12(4-6-13)7-8-17/h3-6,8-10H,2,7H2,1H3. The van der Waals surface area contributed by atoms with E-state index in [1.165, 1.54) is 0 Å². The molecule has 0 atom stereocenters. The van der Waals surface area contributed by atoms with Gasteiger partial charge in [0.25, 0.3) is 0 Å². The zero-order valence-electron chi connectivity index (χ0n) is 9.76. The first-order valence-electron chi connectivity index (χ1n) is 5.67. The fourth-order valence-corrected chi connectivity index (χ4v) is 1.57. The van der Waals surface area contributed by atoms with Crippen LogP contribution in [0.25, 0.3) is 11.4 Å². The van der Waals surface area contributed by atoms with Crippen molar-refractivity contribution in [1.82, 2.24) is 9.97 Å². The molecule has 0 fully saturated rings. The van der Waals surface area contributed by atoms with Gasteiger partial charge in [0.05, 0.1) is 0 Å². The molecule has 3 nitrogen and oxygen atoms in total. The molecule has 2 rings (SSSR count). The van der Waals surface area contributed by atoms with Gasteiger partial charge in [-0.2, -0.15) is 0 Å². The molecule has 3 heteroatoms. The Bertz CT molecular complexity index is 489. The molecule has 0 unspecified atom stereocenters. The van der Waals surface area contributed by atoms with Gasteiger partial charge in [0.2, 0.25) is 0 Å². The summed E-state index contributed by atoms with van der Waals surface area (Å²) in [5.74, 6) is 0.722. The minimum atomic E-state index is 0.454. The Morgan fingerprint density at radius 3 is 2.24 bits per heavy atom. The lowest BCUT2D eigenvalue weighted by atomic mass is 10.1. The second-order valence-electron chi connectivity index (χ2n) is 3.84. The first-order valence-corrected chi connectivity index (χ1v) is 5.67. The summed E-state index contributed by atoms with van der Waals surface area (Å²) in [5.41, 5.74) is 3.11. The number of benzene rings is 1. The fourth-order valence-electron chi connectivity index (χ4n) is 1.57. The van der Waals surface area contributed by atoms with Gasteiger partial charge in [0.1, 0.15) is 6.29 Å². The quantitative estimate of drug-likeness (QED) is 0.752. The predicted molar refractivity (Wildman–Crippen MR) is 66.6 cm³/mol. The SMILES string of the molecule is CCc1cnc(-c2ccc(CC=O)cc2)nc1. The summed E-state index contributed by atoms with van der Waals surface area (Å²) in [6.45, 7) is 2.08. The Hall–Kier alpha value is -2.03. The molecule has 1 heterocycles. The Kier molecular flexibility index (Phi) is 3.60. The molecule has 86 valence electrons. The van der Waals surface area contributed by atoms with Gasteiger partial charge in [0.15, 0.2) is 5.82 Å². The highest BCUT2D eigenvalue weighted by Gasteiger charge is 2.01. The van der Waals surface area contributed by atoms with Crippen LogP contribution < -0.4 is 0 Å². The lowest BCUT2D eigenvalue weighted by molar-refractivity contribution is -0.107. The number of rotatable bonds is 4. The van der Waals surface area contributed by atoms with Gasteiger partial charge in [-0.25, -0.2) is 9.97 Å². The minimum absolute atomic E-state index is 0.454. The Balaban J connectivity index is 2.23. The van der Waals surface area contributed by atoms with E-state index in [9.17, 15) is 4.79 Å². The highest BCUT2D eigenvalue weighted by atomic mass is 16.1. The van der Waals surface area contributed by atoms with Crippen molar-refractivity contribution in [3.63, 3.8) is 0 Å². The average molecular weight is 226 g/mol. The molecule has 1 aromatic carbocycles. The summed E-state index contributed by atoms with van der Waals surface area (Å²) >= 11 is 0. The monoisotopic (exact) mass is 226 g/mol. The first kappa shape index (κ1) is 11.5. The zero-order valence-corrected chi connectivity index (χ0v) is 9.76. The van der Waals surface area contributed by atoms with Crippen molar-refractivity contribution in [3.8, 4) is 11.4 Å². The Morgan fingerprint density at radius 2 is 1.71 bits per heavy atom. The van der Waals surface area contributed by atoms with E-state index in [-0.39, 0.29) is 0 Å². The third kappa shape index (κ3) is 2.75. The van der Waals surface area contributed by atoms with Crippen molar-refractivity contribution in [3.05, 3.63) is 47.8 Å². The van der Waals surface area contributed by atoms with Crippen LogP contribution in [-0.4, -0.2) is 16.3 Å². The summed E-state index contributed by atoms with van der Waals surface area (Å²) in [6.07, 6.45) is 6.00. The third-order valence-electron chi connectivity index (χ3n) is 2.64. The highest BCUT2D eigenvalue weighted by molar-refractivity contribution is 5.59. The van der Waals surface area contributed by atoms with Crippen LogP contribution in [0.5, 0.6) is 0 Å². The predicted octanol–water partition coefficient (Wildman–Crippen LogP) is 2.45. The van der Waals surface area contributed by atoms with Crippen molar-refractivity contribution in [1.29, 1.82) is 0 Å². The minimum Gasteiger partial charge on any atom is -0.303 e. The number of aldehydes is 1. The second kappa shape index (κ2) is 5.34. The largest absolute Gasteiger partial charge is 0.303 e. The van der Waals surface area contributed by atoms with Gasteiger partial charge in [-0.05, 0) is 17.5 Å². The van der Waals surface area contributed by atoms with E-state index in [4.69, 9.17) is 0 Å². The topological polar surface area (TPSA) is 42.9 Å². The van der Waals surface area contributed by atoms with Crippen molar-refractivity contribution in [2.45, 2.75) is 19.8 Å². The van der Waals surface area contributed by atoms with Gasteiger partial charge in [-0.1, -0.05) is 31.2 Å². The Morgan fingerprint density at radius 1 is 1.06 bits per heavy atom. The summed E-state index contributed by atoms with van der Waals surface area (Å²) in [6, 6.07) is 7.75. The van der Waals surface area contributed by atoms with Crippen LogP contribution >= 0.6 is 0 Å². The second-order valence-corrected chi connectivity index (χ2v) is 3.84. The summed E-state index contributed by atoms with van der Waals surface area (Å²) in [4.78, 5) is 19.0. The number of carbonyl (C=O) groups is 1. The number of aromatic nitrogens is 2. The smallest absolute Gasteiger partial charge is 0.159 e. The molecular weight excluding hydrogens is 212 g/mol. The van der Waals surface area contributed by atoms with Crippen molar-refractivity contribution >= 4 is 6.29 Å². The van der Waals surface area contributed by atoms with E-state index in [1.54, 1.807) is 0 Å². The number of aryl methyl sites for hydroxylation is 1. The van der Waals surface area contributed by atoms with E-state index in [0.29, 0.717) is 6.42 Å². The van der Waals surface area contributed by atoms with Crippen molar-refractivity contribution < 1.29 is 4.79 Å². The third-order valence-corrected chi connectivity index (χ3v) is 2.64. The van der Waals surface area contributed by atoms with Crippen LogP contribution in [0.3, 0.4) is 0 Å². The van der Waals surface area contributed by atoms with Crippen molar-refractivity contribution in [2.24, 2.45) is 0 Å². The molecule has 0 saturated heterocycles. The molecular formula is C14H14N2O. The molecule has 0 aliphatic rings. The molecule has 1 aromatic heterocycles. The molecule has 0 aliphatic heterocycles. The van der Waals surface area contributed by atoms with Crippen LogP contribution in [0.1, 0.15) is 18.1 Å². The van der Waals surface area contributed by atoms with Gasteiger partial charge in [-0.3, -0.25) is 0 Å². The van der Waals surface area contributed by atoms with Gasteiger partial charge in [-0.15, -0.1) is 0 Å². The average Bonchev–Trinajstić information content (AvgIpc) is 2.40. The van der Waals surface area contributed by atoms with Crippen LogP contribution in [0.4, 0.5) is 0 Å². The fraction of sp³-hybridized carbons (Fsp3) is 0.214. The molecule has 0 bridgehead atoms. The zero-order chi connectivity index (χ0) is 12.1. The van der Waals surface area contributed by atoms with Crippen molar-refractivity contribution in [2.75, 3.05) is 0 Å². The maximum absolute atomic E-state index is 10.4. The molecule has 0 radical (unpaired) electrons. The molecule has 0 spiro atoms. The van der Waals surface area contributed by atoms with E-state index >= 15 is 0 Å². The number of carbonyl (C=O) groups excluding carboxylic acids is 1. The van der Waals surface area contributed by atoms with Crippen LogP contribution in [0.2, 0.25) is 0 Å². The maximum atomic E-state index is 10.4. The highest BCUT2D eigenvalue weighted by Crippen LogP contribution is 2.15. The maximum Gasteiger partial charge on any atom is 0.159 e. The molecule has 0 amide bonds. The summed E-state index contributed by atoms with van der Waals surface area (Å²) in [7, 11) is 0. The number of hydrogen-bond donors (Lipinski definition) is 0. The summed E-state index contributed by atoms with van der Waals surface area (Å²) < 4.78 is 0. The lowest BCUT2D eigenvalue weighted by Crippen LogP contribution is -1.92. The van der Waals surface area contributed by atoms with E-state index in [2.05, 4.69) is 16.9 Å². The molecule has 0 aliphatic carbocycles. The Labute approximate surface area is 101 Å². The molecule has 0 N–H and O–H groups in total. The first-order chi connectivity index (χ1) is 8.33. The lowest BCUT2D eigenvalue weighted by Gasteiger charge is -2.02. The van der Waals surface area contributed by atoms with Gasteiger partial charge in [0, 0.05) is 24.4 Å². The van der Waals surface area contributed by atoms with Crippen LogP contribution in [0.15, 0.2) is 36.7 Å². The van der Waals surface area contributed by atoms with E-state index in [0.717, 1.165) is 35.2 Å². The van der Waals surface area contributed by atoms with Crippen LogP contribution in [-0.2, 0) is 17.6 Å². The van der Waals surface area contributed by atoms with Gasteiger partial charge < -0.3 is 4.79 Å². The van der Waals surface area contributed by atoms with Crippen LogP contribution in [0, 0.1) is 0 Å². The van der Waals surface area contributed by atoms with E-state index < -0.39 is 0 Å². The molecule has 0 saturated carbocycles. The molecule has 2 aromatic rings. The van der Waals surface area contributed by atoms with E-state index in [1.807, 2.05) is 36.7 Å². The normalized spacial score (nSPS) is 10.2. The molecule has 17 heavy (non-hydrogen) atoms. The van der Waals surface area contributed by atoms with Gasteiger partial charge >= 0.3 is 0 Å². The number of hydrogen-bond acceptors (Lipinski definition) is 3. The summed E-state index contributed by atoms with van der Waals surface area (Å²) in [5, 5.41) is 0.